The summed E-state index contributed by atoms with van der Waals surface area (Å²) in [5.74, 6) is -1.07. The lowest BCUT2D eigenvalue weighted by molar-refractivity contribution is 0.0892. The van der Waals surface area contributed by atoms with E-state index < -0.39 is 48.5 Å². The third-order valence-electron chi connectivity index (χ3n) is 9.39. The number of ether oxygens (including phenoxy) is 2. The number of carbonyl (C=O) groups is 2. The molecule has 1 aromatic heterocycles. The maximum atomic E-state index is 14.2. The van der Waals surface area contributed by atoms with Gasteiger partial charge in [-0.25, -0.2) is 12.8 Å². The van der Waals surface area contributed by atoms with Gasteiger partial charge in [0.25, 0.3) is 11.8 Å². The number of hydrogen-bond donors (Lipinski definition) is 2. The first-order valence-corrected chi connectivity index (χ1v) is 19.2. The molecule has 1 heterocycles. The van der Waals surface area contributed by atoms with E-state index in [2.05, 4.69) is 10.6 Å². The average molecular weight is 776 g/mol. The Balaban J connectivity index is 1.73. The van der Waals surface area contributed by atoms with Crippen molar-refractivity contribution >= 4 is 109 Å². The number of hydrogen-bond acceptors (Lipinski definition) is 7. The number of rotatable bonds is 14. The Kier molecular flexibility index (Phi) is 12.3. The van der Waals surface area contributed by atoms with Crippen LogP contribution in [0.15, 0.2) is 83.3 Å². The lowest BCUT2D eigenvalue weighted by Crippen LogP contribution is -2.71. The third kappa shape index (κ3) is 8.37. The van der Waals surface area contributed by atoms with Gasteiger partial charge < -0.3 is 24.5 Å². The molecule has 0 atom stereocenters. The molecule has 0 saturated heterocycles. The fraction of sp³-hybridized carbons (Fsp3) is 0.243. The standard InChI is InChI=1S/C37H29B9FN3O7S/c1-5-50(58(4,53)54)27-18-29-25(30(33(52)48-2)31(57-29)19-6-11-22(12-7-19)56-23-13-9-21(47)10-14-23)17-24(27)20-8-15-28(55-3)26(16-20)32(51)49-34(35(38,39)40,36(41,42)43)37(44,45)46/h6-18H,5H2,1-4H3,(H,48,52)(H,49,51). The Morgan fingerprint density at radius 1 is 0.793 bits per heavy atom. The number of carbonyl (C=O) groups excluding carboxylic acids is 2. The molecule has 274 valence electrons. The van der Waals surface area contributed by atoms with Crippen LogP contribution in [0.5, 0.6) is 17.2 Å². The molecule has 0 spiro atoms. The Bertz CT molecular complexity index is 2430. The molecule has 0 unspecified atom stereocenters. The quantitative estimate of drug-likeness (QED) is 0.166. The molecule has 5 rings (SSSR count). The van der Waals surface area contributed by atoms with Gasteiger partial charge in [0.1, 0.15) is 34.4 Å². The highest BCUT2D eigenvalue weighted by Crippen LogP contribution is 2.53. The number of sulfonamides is 1. The summed E-state index contributed by atoms with van der Waals surface area (Å²) >= 11 is 0. The molecule has 0 aliphatic heterocycles. The van der Waals surface area contributed by atoms with Crippen molar-refractivity contribution in [2.75, 3.05) is 31.3 Å². The van der Waals surface area contributed by atoms with Gasteiger partial charge in [-0.3, -0.25) is 13.9 Å². The number of amides is 2. The summed E-state index contributed by atoms with van der Waals surface area (Å²) in [5.41, 5.74) is -1.64. The van der Waals surface area contributed by atoms with E-state index in [0.29, 0.717) is 17.1 Å². The number of nitrogens with zero attached hydrogens (tertiary/aromatic N) is 1. The number of nitrogens with one attached hydrogen (secondary N) is 2. The Labute approximate surface area is 349 Å². The minimum absolute atomic E-state index is 0.0262. The molecule has 2 amide bonds. The Morgan fingerprint density at radius 2 is 1.33 bits per heavy atom. The lowest BCUT2D eigenvalue weighted by Gasteiger charge is -2.65. The fourth-order valence-electron chi connectivity index (χ4n) is 6.76. The number of fused-ring (bicyclic) bond motifs is 1. The summed E-state index contributed by atoms with van der Waals surface area (Å²) in [6.45, 7) is 1.59. The molecule has 0 aliphatic carbocycles. The zero-order valence-corrected chi connectivity index (χ0v) is 32.8. The molecule has 0 aliphatic rings. The van der Waals surface area contributed by atoms with Crippen LogP contribution in [-0.4, -0.2) is 123 Å². The van der Waals surface area contributed by atoms with Crippen molar-refractivity contribution in [2.45, 2.75) is 27.8 Å². The maximum Gasteiger partial charge on any atom is 0.255 e. The molecule has 0 fully saturated rings. The monoisotopic (exact) mass is 777 g/mol. The number of furan rings is 1. The van der Waals surface area contributed by atoms with Crippen LogP contribution in [0.2, 0.25) is 15.3 Å². The minimum atomic E-state index is -3.94. The highest BCUT2D eigenvalue weighted by Gasteiger charge is 2.54. The van der Waals surface area contributed by atoms with Crippen LogP contribution in [0.3, 0.4) is 0 Å². The maximum absolute atomic E-state index is 14.2. The summed E-state index contributed by atoms with van der Waals surface area (Å²) < 4.78 is 58.6. The first-order chi connectivity index (χ1) is 26.9. The summed E-state index contributed by atoms with van der Waals surface area (Å²) in [6.07, 6.45) is 1.02. The van der Waals surface area contributed by atoms with E-state index in [4.69, 9.17) is 84.5 Å². The van der Waals surface area contributed by atoms with E-state index >= 15 is 0 Å². The highest BCUT2D eigenvalue weighted by molar-refractivity contribution is 7.92. The number of halogens is 1. The van der Waals surface area contributed by atoms with Gasteiger partial charge in [-0.15, -0.1) is 15.3 Å². The molecule has 0 bridgehead atoms. The largest absolute Gasteiger partial charge is 0.496 e. The Morgan fingerprint density at radius 3 is 1.81 bits per heavy atom. The molecule has 21 heteroatoms. The second kappa shape index (κ2) is 16.1. The molecular formula is C37H29B9FN3O7S. The SMILES string of the molecule is [B]C([B])([B])C(NC(=O)c1cc(-c2cc3c(C(=O)NC)c(-c4ccc(Oc5ccc(F)cc5)cc4)oc3cc2N(CC)S(C)(=O)=O)ccc1OC)(C([B])([B])[B])C([B])([B])[B]. The molecule has 0 saturated carbocycles. The van der Waals surface area contributed by atoms with Crippen LogP contribution in [0.25, 0.3) is 33.4 Å². The van der Waals surface area contributed by atoms with Gasteiger partial charge in [0, 0.05) is 36.2 Å². The summed E-state index contributed by atoms with van der Waals surface area (Å²) in [6, 6.07) is 19.4. The molecular weight excluding hydrogens is 747 g/mol. The van der Waals surface area contributed by atoms with Crippen molar-refractivity contribution < 1.29 is 36.3 Å². The zero-order chi connectivity index (χ0) is 43.2. The van der Waals surface area contributed by atoms with Crippen LogP contribution in [0, 0.1) is 5.82 Å². The highest BCUT2D eigenvalue weighted by atomic mass is 32.2. The van der Waals surface area contributed by atoms with Gasteiger partial charge in [-0.1, -0.05) is 6.07 Å². The fourth-order valence-corrected chi connectivity index (χ4v) is 7.74. The van der Waals surface area contributed by atoms with Crippen LogP contribution >= 0.6 is 0 Å². The predicted molar refractivity (Wildman–Crippen MR) is 231 cm³/mol. The van der Waals surface area contributed by atoms with Gasteiger partial charge in [-0.05, 0) is 84.8 Å². The normalized spacial score (nSPS) is 12.5. The summed E-state index contributed by atoms with van der Waals surface area (Å²) in [5, 5.41) is -2.64. The average Bonchev–Trinajstić information content (AvgIpc) is 3.50. The van der Waals surface area contributed by atoms with Gasteiger partial charge in [-0.2, -0.15) is 0 Å². The molecule has 18 radical (unpaired) electrons. The van der Waals surface area contributed by atoms with Crippen LogP contribution in [0.4, 0.5) is 10.1 Å². The summed E-state index contributed by atoms with van der Waals surface area (Å²) in [4.78, 5) is 27.8. The Hall–Kier alpha value is -4.78. The van der Waals surface area contributed by atoms with E-state index in [-0.39, 0.29) is 57.0 Å². The third-order valence-corrected chi connectivity index (χ3v) is 10.6. The molecule has 5 aromatic rings. The first kappa shape index (κ1) is 44.3. The van der Waals surface area contributed by atoms with Gasteiger partial charge in [0.15, 0.2) is 0 Å². The topological polar surface area (TPSA) is 127 Å². The second-order valence-electron chi connectivity index (χ2n) is 13.7. The first-order valence-electron chi connectivity index (χ1n) is 17.3. The van der Waals surface area contributed by atoms with E-state index in [0.717, 1.165) is 10.6 Å². The van der Waals surface area contributed by atoms with Gasteiger partial charge >= 0.3 is 0 Å². The van der Waals surface area contributed by atoms with E-state index in [1.807, 2.05) is 0 Å². The predicted octanol–water partition coefficient (Wildman–Crippen LogP) is 3.06. The van der Waals surface area contributed by atoms with Crippen molar-refractivity contribution in [3.8, 4) is 39.7 Å². The molecule has 2 N–H and O–H groups in total. The van der Waals surface area contributed by atoms with Crippen molar-refractivity contribution in [1.29, 1.82) is 0 Å². The molecule has 58 heavy (non-hydrogen) atoms. The smallest absolute Gasteiger partial charge is 0.255 e. The zero-order valence-electron chi connectivity index (χ0n) is 32.0. The van der Waals surface area contributed by atoms with Crippen molar-refractivity contribution in [2.24, 2.45) is 0 Å². The lowest BCUT2D eigenvalue weighted by atomic mass is 9.12. The van der Waals surface area contributed by atoms with E-state index in [9.17, 15) is 22.4 Å². The number of benzene rings is 4. The molecule has 10 nitrogen and oxygen atoms in total. The van der Waals surface area contributed by atoms with Crippen molar-refractivity contribution in [3.63, 3.8) is 0 Å². The van der Waals surface area contributed by atoms with Gasteiger partial charge in [0.2, 0.25) is 10.0 Å². The van der Waals surface area contributed by atoms with Crippen molar-refractivity contribution in [3.05, 3.63) is 95.8 Å². The van der Waals surface area contributed by atoms with Crippen LogP contribution < -0.4 is 24.4 Å². The second-order valence-corrected chi connectivity index (χ2v) is 15.6. The van der Waals surface area contributed by atoms with Crippen LogP contribution in [0.1, 0.15) is 27.6 Å². The molecule has 4 aromatic carbocycles. The van der Waals surface area contributed by atoms with E-state index in [1.165, 1.54) is 56.6 Å². The van der Waals surface area contributed by atoms with Crippen molar-refractivity contribution in [1.82, 2.24) is 10.6 Å². The van der Waals surface area contributed by atoms with Crippen LogP contribution in [-0.2, 0) is 10.0 Å². The number of anilines is 1. The van der Waals surface area contributed by atoms with Gasteiger partial charge in [0.05, 0.1) is 101 Å². The number of methoxy groups -OCH3 is 1. The summed E-state index contributed by atoms with van der Waals surface area (Å²) in [7, 11) is 52.9. The van der Waals surface area contributed by atoms with E-state index in [1.54, 1.807) is 43.3 Å². The minimum Gasteiger partial charge on any atom is -0.496 e.